The number of hydrogen-bond donors (Lipinski definition) is 0. The van der Waals surface area contributed by atoms with Crippen LogP contribution in [0, 0.1) is 0 Å². The van der Waals surface area contributed by atoms with Gasteiger partial charge in [0, 0.05) is 22.4 Å². The Morgan fingerprint density at radius 1 is 0.388 bits per heavy atom. The van der Waals surface area contributed by atoms with Gasteiger partial charge in [0.05, 0.1) is 11.1 Å². The van der Waals surface area contributed by atoms with Crippen molar-refractivity contribution >= 4 is 17.1 Å². The molecule has 4 aliphatic carbocycles. The minimum Gasteiger partial charge on any atom is -0.310 e. The van der Waals surface area contributed by atoms with E-state index < -0.39 is 5.41 Å². The Morgan fingerprint density at radius 2 is 0.821 bits per heavy atom. The maximum absolute atomic E-state index is 2.61. The van der Waals surface area contributed by atoms with E-state index in [-0.39, 0.29) is 16.2 Å². The Labute approximate surface area is 399 Å². The second-order valence-electron chi connectivity index (χ2n) is 22.7. The molecule has 1 nitrogen and oxygen atoms in total. The van der Waals surface area contributed by atoms with Gasteiger partial charge >= 0.3 is 0 Å². The van der Waals surface area contributed by atoms with Crippen LogP contribution in [0.3, 0.4) is 0 Å². The molecule has 332 valence electrons. The molecule has 1 fully saturated rings. The van der Waals surface area contributed by atoms with Gasteiger partial charge in [0.15, 0.2) is 0 Å². The average molecular weight is 870 g/mol. The lowest BCUT2D eigenvalue weighted by molar-refractivity contribution is 0.444. The largest absolute Gasteiger partial charge is 0.310 e. The average Bonchev–Trinajstić information content (AvgIpc) is 3.89. The highest BCUT2D eigenvalue weighted by Gasteiger charge is 2.52. The second-order valence-corrected chi connectivity index (χ2v) is 22.7. The summed E-state index contributed by atoms with van der Waals surface area (Å²) in [4.78, 5) is 2.61. The van der Waals surface area contributed by atoms with E-state index in [4.69, 9.17) is 0 Å². The van der Waals surface area contributed by atoms with E-state index in [0.29, 0.717) is 5.92 Å². The Bertz CT molecular complexity index is 3220. The summed E-state index contributed by atoms with van der Waals surface area (Å²) in [5.74, 6) is 0.572. The summed E-state index contributed by atoms with van der Waals surface area (Å²) in [5, 5.41) is 0. The molecule has 0 aliphatic heterocycles. The van der Waals surface area contributed by atoms with Crippen LogP contribution in [-0.2, 0) is 21.7 Å². The summed E-state index contributed by atoms with van der Waals surface area (Å²) < 4.78 is 0. The molecule has 0 N–H and O–H groups in total. The Balaban J connectivity index is 1.15. The first-order chi connectivity index (χ1) is 32.3. The molecule has 8 aromatic rings. The van der Waals surface area contributed by atoms with Gasteiger partial charge in [0.25, 0.3) is 0 Å². The highest BCUT2D eigenvalue weighted by atomic mass is 15.1. The van der Waals surface area contributed by atoms with E-state index in [1.807, 2.05) is 0 Å². The van der Waals surface area contributed by atoms with Gasteiger partial charge in [-0.15, -0.1) is 0 Å². The molecule has 0 bridgehead atoms. The molecule has 0 atom stereocenters. The fourth-order valence-electron chi connectivity index (χ4n) is 12.9. The van der Waals surface area contributed by atoms with Crippen molar-refractivity contribution < 1.29 is 0 Å². The molecule has 1 heteroatoms. The molecule has 0 radical (unpaired) electrons. The maximum Gasteiger partial charge on any atom is 0.0726 e. The quantitative estimate of drug-likeness (QED) is 0.167. The molecular weight excluding hydrogens is 807 g/mol. The summed E-state index contributed by atoms with van der Waals surface area (Å²) in [6.07, 6.45) is 6.47. The number of rotatable bonds is 5. The van der Waals surface area contributed by atoms with Crippen LogP contribution in [0.4, 0.5) is 17.1 Å². The third-order valence-electron chi connectivity index (χ3n) is 16.4. The zero-order chi connectivity index (χ0) is 46.0. The lowest BCUT2D eigenvalue weighted by atomic mass is 9.68. The van der Waals surface area contributed by atoms with E-state index >= 15 is 0 Å². The number of nitrogens with zero attached hydrogens (tertiary/aromatic N) is 1. The number of hydrogen-bond acceptors (Lipinski definition) is 1. The first-order valence-corrected chi connectivity index (χ1v) is 25.0. The first kappa shape index (κ1) is 42.0. The van der Waals surface area contributed by atoms with Crippen molar-refractivity contribution in [3.63, 3.8) is 0 Å². The van der Waals surface area contributed by atoms with Gasteiger partial charge in [-0.2, -0.15) is 0 Å². The van der Waals surface area contributed by atoms with E-state index in [1.54, 1.807) is 0 Å². The van der Waals surface area contributed by atoms with Gasteiger partial charge in [0.2, 0.25) is 0 Å². The van der Waals surface area contributed by atoms with Crippen molar-refractivity contribution in [2.45, 2.75) is 115 Å². The standard InChI is InChI=1S/C66H63N/c1-63(2,3)43-30-34-52-53-35-31-44(64(4,5)6)39-60(53)66(59(52)38-43)57-28-18-15-25-50(57)54-37-33-46(41-61(54)66)67(45-32-36-51-49-24-14-17-27-56(49)65(7,8)58(51)40-45)62-29-19-16-26-55(62)48-23-13-12-22-47(48)42-20-10-9-11-21-42/h12-19,22-42H,9-11,20-21H2,1-8H3. The fourth-order valence-corrected chi connectivity index (χ4v) is 12.9. The molecule has 4 aliphatic rings. The topological polar surface area (TPSA) is 3.24 Å². The molecule has 67 heavy (non-hydrogen) atoms. The predicted octanol–water partition coefficient (Wildman–Crippen LogP) is 18.1. The van der Waals surface area contributed by atoms with Crippen molar-refractivity contribution in [2.24, 2.45) is 0 Å². The SMILES string of the molecule is CC(C)(C)c1ccc2c(c1)C1(c3ccccc3-c3ccc(N(c4ccc5c(c4)C(C)(C)c4ccccc4-5)c4ccccc4-c4ccccc4C4CCCCC4)cc31)c1cc(C(C)(C)C)ccc1-2. The summed E-state index contributed by atoms with van der Waals surface area (Å²) in [7, 11) is 0. The minimum absolute atomic E-state index is 0.0141. The third-order valence-corrected chi connectivity index (χ3v) is 16.4. The van der Waals surface area contributed by atoms with Crippen LogP contribution in [0.25, 0.3) is 44.5 Å². The lowest BCUT2D eigenvalue weighted by Gasteiger charge is -2.34. The highest BCUT2D eigenvalue weighted by molar-refractivity contribution is 5.98. The summed E-state index contributed by atoms with van der Waals surface area (Å²) in [6, 6.07) is 66.5. The first-order valence-electron chi connectivity index (χ1n) is 25.0. The van der Waals surface area contributed by atoms with Gasteiger partial charge in [-0.05, 0) is 149 Å². The van der Waals surface area contributed by atoms with Crippen LogP contribution in [-0.4, -0.2) is 0 Å². The molecule has 12 rings (SSSR count). The lowest BCUT2D eigenvalue weighted by Crippen LogP contribution is -2.27. The summed E-state index contributed by atoms with van der Waals surface area (Å²) >= 11 is 0. The molecule has 0 amide bonds. The van der Waals surface area contributed by atoms with E-state index in [2.05, 4.69) is 230 Å². The van der Waals surface area contributed by atoms with Crippen molar-refractivity contribution in [3.05, 3.63) is 220 Å². The Hall–Kier alpha value is -6.44. The van der Waals surface area contributed by atoms with Crippen molar-refractivity contribution in [1.82, 2.24) is 0 Å². The normalized spacial score (nSPS) is 16.2. The number of benzene rings is 8. The monoisotopic (exact) mass is 869 g/mol. The van der Waals surface area contributed by atoms with Crippen LogP contribution in [0.15, 0.2) is 170 Å². The number of anilines is 3. The molecule has 0 unspecified atom stereocenters. The van der Waals surface area contributed by atoms with Crippen LogP contribution in [0.1, 0.15) is 143 Å². The van der Waals surface area contributed by atoms with E-state index in [9.17, 15) is 0 Å². The predicted molar refractivity (Wildman–Crippen MR) is 284 cm³/mol. The summed E-state index contributed by atoms with van der Waals surface area (Å²) in [5.41, 5.74) is 26.1. The summed E-state index contributed by atoms with van der Waals surface area (Å²) in [6.45, 7) is 18.9. The Morgan fingerprint density at radius 3 is 1.42 bits per heavy atom. The molecule has 1 saturated carbocycles. The molecule has 0 saturated heterocycles. The second kappa shape index (κ2) is 15.0. The molecular formula is C66H63N. The van der Waals surface area contributed by atoms with Crippen molar-refractivity contribution in [2.75, 3.05) is 4.90 Å². The Kier molecular flexibility index (Phi) is 9.41. The molecule has 1 spiro atoms. The van der Waals surface area contributed by atoms with Gasteiger partial charge < -0.3 is 4.90 Å². The zero-order valence-corrected chi connectivity index (χ0v) is 40.7. The fraction of sp³-hybridized carbons (Fsp3) is 0.273. The van der Waals surface area contributed by atoms with Gasteiger partial charge in [0.1, 0.15) is 0 Å². The smallest absolute Gasteiger partial charge is 0.0726 e. The zero-order valence-electron chi connectivity index (χ0n) is 40.7. The van der Waals surface area contributed by atoms with Crippen LogP contribution in [0.2, 0.25) is 0 Å². The molecule has 0 heterocycles. The number of para-hydroxylation sites is 1. The molecule has 8 aromatic carbocycles. The van der Waals surface area contributed by atoms with E-state index in [0.717, 1.165) is 0 Å². The van der Waals surface area contributed by atoms with E-state index in [1.165, 1.54) is 144 Å². The van der Waals surface area contributed by atoms with Crippen LogP contribution in [0.5, 0.6) is 0 Å². The minimum atomic E-state index is -0.505. The third kappa shape index (κ3) is 6.26. The van der Waals surface area contributed by atoms with Gasteiger partial charge in [-0.25, -0.2) is 0 Å². The van der Waals surface area contributed by atoms with Gasteiger partial charge in [-0.3, -0.25) is 0 Å². The molecule has 0 aromatic heterocycles. The van der Waals surface area contributed by atoms with Gasteiger partial charge in [-0.1, -0.05) is 214 Å². The van der Waals surface area contributed by atoms with Crippen molar-refractivity contribution in [1.29, 1.82) is 0 Å². The van der Waals surface area contributed by atoms with Crippen molar-refractivity contribution in [3.8, 4) is 44.5 Å². The highest BCUT2D eigenvalue weighted by Crippen LogP contribution is 2.64. The van der Waals surface area contributed by atoms with Crippen LogP contribution < -0.4 is 4.90 Å². The number of fused-ring (bicyclic) bond motifs is 13. The van der Waals surface area contributed by atoms with Crippen LogP contribution >= 0.6 is 0 Å². The maximum atomic E-state index is 2.61.